The van der Waals surface area contributed by atoms with Crippen LogP contribution in [-0.2, 0) is 0 Å². The van der Waals surface area contributed by atoms with Gasteiger partial charge in [-0.25, -0.2) is 0 Å². The van der Waals surface area contributed by atoms with Crippen molar-refractivity contribution >= 4 is 21.6 Å². The van der Waals surface area contributed by atoms with E-state index in [9.17, 15) is 4.79 Å². The van der Waals surface area contributed by atoms with E-state index < -0.39 is 0 Å². The van der Waals surface area contributed by atoms with Crippen LogP contribution >= 0.6 is 15.9 Å². The number of nitrogens with two attached hydrogens (primary N) is 1. The lowest BCUT2D eigenvalue weighted by molar-refractivity contribution is 0.690. The van der Waals surface area contributed by atoms with Crippen LogP contribution in [-0.4, -0.2) is 4.98 Å². The minimum atomic E-state index is -0.171. The first-order valence-corrected chi connectivity index (χ1v) is 5.66. The Kier molecular flexibility index (Phi) is 2.63. The zero-order chi connectivity index (χ0) is 10.1. The van der Waals surface area contributed by atoms with Crippen LogP contribution in [0.5, 0.6) is 0 Å². The molecule has 1 heterocycles. The fraction of sp³-hybridized carbons (Fsp3) is 0.500. The summed E-state index contributed by atoms with van der Waals surface area (Å²) in [6, 6.07) is 1.70. The van der Waals surface area contributed by atoms with Crippen molar-refractivity contribution in [2.45, 2.75) is 31.6 Å². The molecule has 0 unspecified atom stereocenters. The first-order valence-electron chi connectivity index (χ1n) is 4.86. The number of nitrogen functional groups attached to an aromatic ring is 1. The van der Waals surface area contributed by atoms with Gasteiger partial charge in [0.1, 0.15) is 0 Å². The van der Waals surface area contributed by atoms with E-state index in [2.05, 4.69) is 20.9 Å². The number of hydrogen-bond donors (Lipinski definition) is 2. The quantitative estimate of drug-likeness (QED) is 0.811. The Hall–Kier alpha value is -0.770. The molecule has 0 spiro atoms. The Morgan fingerprint density at radius 2 is 2.07 bits per heavy atom. The first-order chi connectivity index (χ1) is 6.68. The third-order valence-electron chi connectivity index (χ3n) is 2.81. The predicted molar refractivity (Wildman–Crippen MR) is 60.4 cm³/mol. The number of aromatic nitrogens is 1. The van der Waals surface area contributed by atoms with Crippen molar-refractivity contribution in [3.8, 4) is 0 Å². The van der Waals surface area contributed by atoms with E-state index in [0.717, 1.165) is 10.2 Å². The zero-order valence-electron chi connectivity index (χ0n) is 7.85. The van der Waals surface area contributed by atoms with Gasteiger partial charge >= 0.3 is 0 Å². The average molecular weight is 257 g/mol. The molecule has 1 saturated carbocycles. The number of halogens is 1. The molecule has 1 aliphatic rings. The van der Waals surface area contributed by atoms with Crippen LogP contribution < -0.4 is 11.3 Å². The summed E-state index contributed by atoms with van der Waals surface area (Å²) in [6.07, 6.45) is 4.84. The van der Waals surface area contributed by atoms with Crippen LogP contribution in [0.3, 0.4) is 0 Å². The maximum Gasteiger partial charge on any atom is 0.271 e. The second-order valence-corrected chi connectivity index (χ2v) is 4.65. The molecule has 76 valence electrons. The summed E-state index contributed by atoms with van der Waals surface area (Å²) in [5.41, 5.74) is 6.64. The topological polar surface area (TPSA) is 58.9 Å². The van der Waals surface area contributed by atoms with Gasteiger partial charge in [0.05, 0.1) is 5.69 Å². The number of rotatable bonds is 1. The van der Waals surface area contributed by atoms with E-state index in [1.807, 2.05) is 0 Å². The van der Waals surface area contributed by atoms with Crippen molar-refractivity contribution in [3.63, 3.8) is 0 Å². The molecule has 4 heteroatoms. The maximum atomic E-state index is 11.3. The van der Waals surface area contributed by atoms with Crippen molar-refractivity contribution in [1.29, 1.82) is 0 Å². The van der Waals surface area contributed by atoms with Gasteiger partial charge in [-0.1, -0.05) is 12.8 Å². The normalized spacial score (nSPS) is 17.5. The highest BCUT2D eigenvalue weighted by molar-refractivity contribution is 9.10. The molecule has 0 amide bonds. The Bertz CT molecular complexity index is 394. The second-order valence-electron chi connectivity index (χ2n) is 3.80. The van der Waals surface area contributed by atoms with Crippen LogP contribution in [0, 0.1) is 0 Å². The SMILES string of the molecule is Nc1cc(Br)c(C2CCCC2)[nH]c1=O. The highest BCUT2D eigenvalue weighted by Crippen LogP contribution is 2.36. The van der Waals surface area contributed by atoms with E-state index in [4.69, 9.17) is 5.73 Å². The van der Waals surface area contributed by atoms with Gasteiger partial charge in [-0.15, -0.1) is 0 Å². The molecule has 3 nitrogen and oxygen atoms in total. The van der Waals surface area contributed by atoms with Crippen molar-refractivity contribution in [1.82, 2.24) is 4.98 Å². The summed E-state index contributed by atoms with van der Waals surface area (Å²) in [6.45, 7) is 0. The van der Waals surface area contributed by atoms with Gasteiger partial charge in [0.25, 0.3) is 5.56 Å². The van der Waals surface area contributed by atoms with Crippen LogP contribution in [0.15, 0.2) is 15.3 Å². The van der Waals surface area contributed by atoms with E-state index in [1.54, 1.807) is 6.07 Å². The van der Waals surface area contributed by atoms with Gasteiger partial charge in [0.15, 0.2) is 0 Å². The Labute approximate surface area is 90.8 Å². The highest BCUT2D eigenvalue weighted by Gasteiger charge is 2.20. The maximum absolute atomic E-state index is 11.3. The number of anilines is 1. The van der Waals surface area contributed by atoms with E-state index in [0.29, 0.717) is 5.92 Å². The van der Waals surface area contributed by atoms with E-state index in [-0.39, 0.29) is 11.2 Å². The lowest BCUT2D eigenvalue weighted by Gasteiger charge is -2.11. The second kappa shape index (κ2) is 3.77. The zero-order valence-corrected chi connectivity index (χ0v) is 9.43. The Morgan fingerprint density at radius 3 is 2.71 bits per heavy atom. The summed E-state index contributed by atoms with van der Waals surface area (Å²) in [5.74, 6) is 0.498. The van der Waals surface area contributed by atoms with Crippen molar-refractivity contribution in [2.24, 2.45) is 0 Å². The summed E-state index contributed by atoms with van der Waals surface area (Å²) in [5, 5.41) is 0. The van der Waals surface area contributed by atoms with Crippen LogP contribution in [0.1, 0.15) is 37.3 Å². The van der Waals surface area contributed by atoms with Gasteiger partial charge < -0.3 is 10.7 Å². The predicted octanol–water partition coefficient (Wildman–Crippen LogP) is 2.38. The molecule has 1 fully saturated rings. The molecule has 0 saturated heterocycles. The van der Waals surface area contributed by atoms with Gasteiger partial charge in [-0.05, 0) is 34.8 Å². The summed E-state index contributed by atoms with van der Waals surface area (Å²) < 4.78 is 0.932. The molecule has 1 aromatic rings. The molecular formula is C10H13BrN2O. The molecule has 3 N–H and O–H groups in total. The Balaban J connectivity index is 2.42. The van der Waals surface area contributed by atoms with E-state index in [1.165, 1.54) is 25.7 Å². The third kappa shape index (κ3) is 1.71. The molecule has 14 heavy (non-hydrogen) atoms. The molecular weight excluding hydrogens is 244 g/mol. The molecule has 0 bridgehead atoms. The molecule has 0 atom stereocenters. The average Bonchev–Trinajstić information content (AvgIpc) is 2.64. The summed E-state index contributed by atoms with van der Waals surface area (Å²) in [4.78, 5) is 14.2. The van der Waals surface area contributed by atoms with Crippen molar-refractivity contribution in [3.05, 3.63) is 26.6 Å². The monoisotopic (exact) mass is 256 g/mol. The van der Waals surface area contributed by atoms with Crippen molar-refractivity contribution in [2.75, 3.05) is 5.73 Å². The summed E-state index contributed by atoms with van der Waals surface area (Å²) >= 11 is 3.44. The minimum Gasteiger partial charge on any atom is -0.394 e. The van der Waals surface area contributed by atoms with Crippen LogP contribution in [0.25, 0.3) is 0 Å². The lowest BCUT2D eigenvalue weighted by Crippen LogP contribution is -2.15. The Morgan fingerprint density at radius 1 is 1.43 bits per heavy atom. The van der Waals surface area contributed by atoms with Gasteiger partial charge in [-0.2, -0.15) is 0 Å². The van der Waals surface area contributed by atoms with Crippen LogP contribution in [0.2, 0.25) is 0 Å². The van der Waals surface area contributed by atoms with Gasteiger partial charge in [0, 0.05) is 16.1 Å². The number of H-pyrrole nitrogens is 1. The smallest absolute Gasteiger partial charge is 0.271 e. The molecule has 0 aliphatic heterocycles. The van der Waals surface area contributed by atoms with E-state index >= 15 is 0 Å². The molecule has 2 rings (SSSR count). The standard InChI is InChI=1S/C10H13BrN2O/c11-7-5-8(12)10(14)13-9(7)6-3-1-2-4-6/h5-6H,1-4,12H2,(H,13,14). The van der Waals surface area contributed by atoms with Gasteiger partial charge in [-0.3, -0.25) is 4.79 Å². The highest BCUT2D eigenvalue weighted by atomic mass is 79.9. The number of aromatic amines is 1. The third-order valence-corrected chi connectivity index (χ3v) is 3.47. The number of hydrogen-bond acceptors (Lipinski definition) is 2. The fourth-order valence-electron chi connectivity index (χ4n) is 2.05. The lowest BCUT2D eigenvalue weighted by atomic mass is 10.0. The molecule has 0 radical (unpaired) electrons. The first kappa shape index (κ1) is 9.77. The van der Waals surface area contributed by atoms with Gasteiger partial charge in [0.2, 0.25) is 0 Å². The molecule has 1 aromatic heterocycles. The largest absolute Gasteiger partial charge is 0.394 e. The fourth-order valence-corrected chi connectivity index (χ4v) is 2.72. The minimum absolute atomic E-state index is 0.171. The van der Waals surface area contributed by atoms with Crippen LogP contribution in [0.4, 0.5) is 5.69 Å². The number of pyridine rings is 1. The molecule has 1 aliphatic carbocycles. The molecule has 0 aromatic carbocycles. The van der Waals surface area contributed by atoms with Crippen molar-refractivity contribution < 1.29 is 0 Å². The summed E-state index contributed by atoms with van der Waals surface area (Å²) in [7, 11) is 0. The number of nitrogens with one attached hydrogen (secondary N) is 1.